The number of amides is 2. The van der Waals surface area contributed by atoms with Gasteiger partial charge < -0.3 is 19.9 Å². The number of nitrogens with zero attached hydrogens (tertiary/aromatic N) is 2. The lowest BCUT2D eigenvalue weighted by molar-refractivity contribution is -0.122. The van der Waals surface area contributed by atoms with Gasteiger partial charge in [0.2, 0.25) is 17.7 Å². The maximum absolute atomic E-state index is 12.2. The maximum atomic E-state index is 12.2. The largest absolute Gasteiger partial charge is 0.435 e. The van der Waals surface area contributed by atoms with E-state index in [-0.39, 0.29) is 24.0 Å². The van der Waals surface area contributed by atoms with Crippen LogP contribution in [0.25, 0.3) is 0 Å². The van der Waals surface area contributed by atoms with Crippen molar-refractivity contribution in [2.24, 2.45) is 0 Å². The fraction of sp³-hybridized carbons (Fsp3) is 0.565. The number of ether oxygens (including phenoxy) is 1. The number of halogens is 2. The quantitative estimate of drug-likeness (QED) is 0.520. The Hall–Kier alpha value is -3.04. The van der Waals surface area contributed by atoms with Crippen LogP contribution in [-0.4, -0.2) is 35.1 Å². The van der Waals surface area contributed by atoms with Crippen molar-refractivity contribution >= 4 is 11.8 Å². The van der Waals surface area contributed by atoms with Gasteiger partial charge in [-0.1, -0.05) is 43.0 Å². The van der Waals surface area contributed by atoms with Crippen LogP contribution >= 0.6 is 0 Å². The molecule has 2 N–H and O–H groups in total. The van der Waals surface area contributed by atoms with Crippen LogP contribution < -0.4 is 15.4 Å². The molecule has 180 valence electrons. The van der Waals surface area contributed by atoms with Gasteiger partial charge in [0.15, 0.2) is 5.82 Å². The topological polar surface area (TPSA) is 106 Å². The first-order valence-corrected chi connectivity index (χ1v) is 11.3. The first-order chi connectivity index (χ1) is 15.9. The van der Waals surface area contributed by atoms with Crippen molar-refractivity contribution in [2.45, 2.75) is 76.9 Å². The lowest BCUT2D eigenvalue weighted by Gasteiger charge is -2.30. The second-order valence-electron chi connectivity index (χ2n) is 8.31. The zero-order valence-corrected chi connectivity index (χ0v) is 18.7. The number of carbonyl (C=O) groups excluding carboxylic acids is 2. The molecule has 0 atom stereocenters. The normalized spacial score (nSPS) is 15.6. The van der Waals surface area contributed by atoms with Gasteiger partial charge in [-0.3, -0.25) is 9.59 Å². The lowest BCUT2D eigenvalue weighted by Crippen LogP contribution is -2.45. The van der Waals surface area contributed by atoms with Gasteiger partial charge in [-0.2, -0.15) is 13.8 Å². The predicted octanol–water partition coefficient (Wildman–Crippen LogP) is 3.65. The average molecular weight is 465 g/mol. The third-order valence-electron chi connectivity index (χ3n) is 5.72. The standard InChI is InChI=1S/C23H30F2N4O4/c1-16(30)28-23(13-4-2-3-5-14-23)21-27-20(33-29-21)11-10-19(31)26-15-12-17-6-8-18(9-7-17)32-22(24)25/h6-9,22H,2-5,10-15H2,1H3,(H,26,31)(H,28,30). The van der Waals surface area contributed by atoms with Crippen molar-refractivity contribution in [1.29, 1.82) is 0 Å². The van der Waals surface area contributed by atoms with Crippen LogP contribution in [0.4, 0.5) is 8.78 Å². The summed E-state index contributed by atoms with van der Waals surface area (Å²) in [6.45, 7) is -0.953. The number of benzene rings is 1. The molecule has 0 saturated heterocycles. The summed E-state index contributed by atoms with van der Waals surface area (Å²) < 4.78 is 34.1. The number of hydrogen-bond donors (Lipinski definition) is 2. The highest BCUT2D eigenvalue weighted by Crippen LogP contribution is 2.34. The molecule has 1 aromatic carbocycles. The molecule has 3 rings (SSSR count). The van der Waals surface area contributed by atoms with Crippen LogP contribution in [0.2, 0.25) is 0 Å². The molecule has 8 nitrogen and oxygen atoms in total. The molecule has 0 aliphatic heterocycles. The monoisotopic (exact) mass is 464 g/mol. The summed E-state index contributed by atoms with van der Waals surface area (Å²) in [5.74, 6) is 0.663. The fourth-order valence-electron chi connectivity index (χ4n) is 4.12. The summed E-state index contributed by atoms with van der Waals surface area (Å²) in [7, 11) is 0. The SMILES string of the molecule is CC(=O)NC1(c2noc(CCC(=O)NCCc3ccc(OC(F)F)cc3)n2)CCCCCC1. The Labute approximate surface area is 191 Å². The van der Waals surface area contributed by atoms with Crippen LogP contribution in [0.3, 0.4) is 0 Å². The average Bonchev–Trinajstić information content (AvgIpc) is 3.13. The van der Waals surface area contributed by atoms with E-state index in [1.165, 1.54) is 19.1 Å². The van der Waals surface area contributed by atoms with Crippen molar-refractivity contribution in [1.82, 2.24) is 20.8 Å². The van der Waals surface area contributed by atoms with E-state index in [1.807, 2.05) is 0 Å². The Kier molecular flexibility index (Phi) is 8.73. The highest BCUT2D eigenvalue weighted by molar-refractivity contribution is 5.76. The summed E-state index contributed by atoms with van der Waals surface area (Å²) in [5, 5.41) is 9.98. The minimum absolute atomic E-state index is 0.0980. The summed E-state index contributed by atoms with van der Waals surface area (Å²) in [5.41, 5.74) is 0.285. The Morgan fingerprint density at radius 2 is 1.82 bits per heavy atom. The van der Waals surface area contributed by atoms with Crippen molar-refractivity contribution in [3.05, 3.63) is 41.5 Å². The minimum Gasteiger partial charge on any atom is -0.435 e. The smallest absolute Gasteiger partial charge is 0.387 e. The van der Waals surface area contributed by atoms with Crippen LogP contribution in [0, 0.1) is 0 Å². The highest BCUT2D eigenvalue weighted by Gasteiger charge is 2.38. The first-order valence-electron chi connectivity index (χ1n) is 11.3. The molecule has 1 aliphatic rings. The molecule has 33 heavy (non-hydrogen) atoms. The zero-order valence-electron chi connectivity index (χ0n) is 18.7. The highest BCUT2D eigenvalue weighted by atomic mass is 19.3. The number of aryl methyl sites for hydroxylation is 1. The molecule has 1 saturated carbocycles. The zero-order chi connectivity index (χ0) is 23.7. The van der Waals surface area contributed by atoms with Gasteiger partial charge >= 0.3 is 6.61 Å². The van der Waals surface area contributed by atoms with Gasteiger partial charge in [-0.15, -0.1) is 0 Å². The second kappa shape index (κ2) is 11.7. The number of carbonyl (C=O) groups is 2. The predicted molar refractivity (Wildman–Crippen MR) is 116 cm³/mol. The summed E-state index contributed by atoms with van der Waals surface area (Å²) >= 11 is 0. The van der Waals surface area contributed by atoms with Crippen molar-refractivity contribution in [2.75, 3.05) is 6.54 Å². The molecular weight excluding hydrogens is 434 g/mol. The van der Waals surface area contributed by atoms with Gasteiger partial charge in [0.1, 0.15) is 11.3 Å². The van der Waals surface area contributed by atoms with Crippen molar-refractivity contribution in [3.8, 4) is 5.75 Å². The molecule has 1 fully saturated rings. The van der Waals surface area contributed by atoms with E-state index in [0.29, 0.717) is 31.1 Å². The Morgan fingerprint density at radius 1 is 1.12 bits per heavy atom. The molecular formula is C23H30F2N4O4. The van der Waals surface area contributed by atoms with Crippen LogP contribution in [-0.2, 0) is 28.0 Å². The van der Waals surface area contributed by atoms with Gasteiger partial charge in [0.25, 0.3) is 0 Å². The summed E-state index contributed by atoms with van der Waals surface area (Å²) in [4.78, 5) is 28.5. The van der Waals surface area contributed by atoms with Crippen LogP contribution in [0.5, 0.6) is 5.75 Å². The third-order valence-corrected chi connectivity index (χ3v) is 5.72. The number of nitrogens with one attached hydrogen (secondary N) is 2. The molecule has 1 aliphatic carbocycles. The number of alkyl halides is 2. The van der Waals surface area contributed by atoms with Gasteiger partial charge in [0.05, 0.1) is 0 Å². The molecule has 0 bridgehead atoms. The number of hydrogen-bond acceptors (Lipinski definition) is 6. The first kappa shape index (κ1) is 24.6. The van der Waals surface area contributed by atoms with E-state index in [0.717, 1.165) is 44.1 Å². The van der Waals surface area contributed by atoms with E-state index in [1.54, 1.807) is 12.1 Å². The van der Waals surface area contributed by atoms with E-state index in [9.17, 15) is 18.4 Å². The second-order valence-corrected chi connectivity index (χ2v) is 8.31. The summed E-state index contributed by atoms with van der Waals surface area (Å²) in [6.07, 6.45) is 6.76. The maximum Gasteiger partial charge on any atom is 0.387 e. The van der Waals surface area contributed by atoms with Crippen LogP contribution in [0.15, 0.2) is 28.8 Å². The van der Waals surface area contributed by atoms with E-state index >= 15 is 0 Å². The molecule has 10 heteroatoms. The third kappa shape index (κ3) is 7.50. The number of aromatic nitrogens is 2. The van der Waals surface area contributed by atoms with Crippen molar-refractivity contribution < 1.29 is 27.6 Å². The van der Waals surface area contributed by atoms with Gasteiger partial charge in [-0.25, -0.2) is 0 Å². The Morgan fingerprint density at radius 3 is 2.45 bits per heavy atom. The van der Waals surface area contributed by atoms with Gasteiger partial charge in [-0.05, 0) is 37.0 Å². The van der Waals surface area contributed by atoms with Crippen LogP contribution in [0.1, 0.15) is 69.1 Å². The molecule has 1 heterocycles. The molecule has 0 radical (unpaired) electrons. The van der Waals surface area contributed by atoms with E-state index in [4.69, 9.17) is 4.52 Å². The van der Waals surface area contributed by atoms with E-state index < -0.39 is 12.2 Å². The molecule has 2 amide bonds. The lowest BCUT2D eigenvalue weighted by atomic mass is 9.89. The molecule has 1 aromatic heterocycles. The Balaban J connectivity index is 1.46. The van der Waals surface area contributed by atoms with Crippen molar-refractivity contribution in [3.63, 3.8) is 0 Å². The molecule has 2 aromatic rings. The minimum atomic E-state index is -2.85. The summed E-state index contributed by atoms with van der Waals surface area (Å²) in [6, 6.07) is 6.31. The van der Waals surface area contributed by atoms with Gasteiger partial charge in [0, 0.05) is 26.3 Å². The Bertz CT molecular complexity index is 909. The molecule has 0 unspecified atom stereocenters. The molecule has 0 spiro atoms. The van der Waals surface area contributed by atoms with E-state index in [2.05, 4.69) is 25.5 Å². The number of rotatable bonds is 10. The fourth-order valence-corrected chi connectivity index (χ4v) is 4.12.